The fraction of sp³-hybridized carbons (Fsp3) is 0.258. The predicted molar refractivity (Wildman–Crippen MR) is 161 cm³/mol. The lowest BCUT2D eigenvalue weighted by atomic mass is 9.92. The molecular weight excluding hydrogens is 577 g/mol. The van der Waals surface area contributed by atoms with Crippen molar-refractivity contribution in [1.82, 2.24) is 24.6 Å². The van der Waals surface area contributed by atoms with Crippen LogP contribution in [0.3, 0.4) is 0 Å². The molecule has 3 aromatic carbocycles. The third kappa shape index (κ3) is 5.89. The number of halogens is 2. The van der Waals surface area contributed by atoms with Gasteiger partial charge in [0.2, 0.25) is 0 Å². The van der Waals surface area contributed by atoms with Crippen molar-refractivity contribution in [2.75, 3.05) is 20.3 Å². The molecule has 5 aromatic rings. The largest absolute Gasteiger partial charge is 0.493 e. The molecule has 11 heteroatoms. The molecule has 1 N–H and O–H groups in total. The molecule has 1 aliphatic heterocycles. The highest BCUT2D eigenvalue weighted by Gasteiger charge is 2.36. The first-order chi connectivity index (χ1) is 20.5. The summed E-state index contributed by atoms with van der Waals surface area (Å²) >= 11 is 12.4. The number of benzene rings is 3. The van der Waals surface area contributed by atoms with Crippen molar-refractivity contribution in [1.29, 1.82) is 0 Å². The number of rotatable bonds is 9. The molecule has 1 aliphatic rings. The van der Waals surface area contributed by atoms with Crippen LogP contribution in [0.15, 0.2) is 73.3 Å². The Bertz CT molecular complexity index is 1690. The molecule has 6 rings (SSSR count). The van der Waals surface area contributed by atoms with Gasteiger partial charge in [0.25, 0.3) is 0 Å². The number of fused-ring (bicyclic) bond motifs is 3. The molecule has 0 saturated carbocycles. The van der Waals surface area contributed by atoms with Gasteiger partial charge >= 0.3 is 6.09 Å². The van der Waals surface area contributed by atoms with Gasteiger partial charge in [-0.25, -0.2) is 9.78 Å². The summed E-state index contributed by atoms with van der Waals surface area (Å²) in [6, 6.07) is 17.8. The standard InChI is InChI=1S/C31H29Cl2N5O4/c1-40-28-16-20(4-11-27(28)41-15-3-2-13-37-19-34-18-35-37)30-29-24(25-17-22(33)7-10-26(25)36-29)12-14-38(30)31(39)42-23-8-5-21(32)6-9-23/h4-11,16-19,30,36H,2-3,12-15H2,1H3. The van der Waals surface area contributed by atoms with Gasteiger partial charge in [0.15, 0.2) is 11.5 Å². The number of ether oxygens (including phenoxy) is 3. The van der Waals surface area contributed by atoms with Gasteiger partial charge in [-0.05, 0) is 85.0 Å². The van der Waals surface area contributed by atoms with E-state index in [9.17, 15) is 4.79 Å². The van der Waals surface area contributed by atoms with E-state index in [1.54, 1.807) is 47.3 Å². The number of hydrogen-bond donors (Lipinski definition) is 1. The van der Waals surface area contributed by atoms with Crippen molar-refractivity contribution in [2.45, 2.75) is 31.8 Å². The molecule has 0 saturated heterocycles. The van der Waals surface area contributed by atoms with Crippen LogP contribution in [0.2, 0.25) is 10.0 Å². The van der Waals surface area contributed by atoms with E-state index < -0.39 is 12.1 Å². The average Bonchev–Trinajstić information content (AvgIpc) is 3.65. The summed E-state index contributed by atoms with van der Waals surface area (Å²) in [6.45, 7) is 1.76. The van der Waals surface area contributed by atoms with Gasteiger partial charge in [-0.2, -0.15) is 5.10 Å². The number of carbonyl (C=O) groups is 1. The lowest BCUT2D eigenvalue weighted by molar-refractivity contribution is 0.135. The lowest BCUT2D eigenvalue weighted by Crippen LogP contribution is -2.42. The quantitative estimate of drug-likeness (QED) is 0.180. The molecule has 0 aliphatic carbocycles. The minimum atomic E-state index is -0.462. The molecule has 0 fully saturated rings. The van der Waals surface area contributed by atoms with Crippen LogP contribution in [0.25, 0.3) is 10.9 Å². The molecule has 0 radical (unpaired) electrons. The third-order valence-electron chi connectivity index (χ3n) is 7.35. The molecular formula is C31H29Cl2N5O4. The molecule has 42 heavy (non-hydrogen) atoms. The first-order valence-corrected chi connectivity index (χ1v) is 14.4. The van der Waals surface area contributed by atoms with Crippen LogP contribution in [0, 0.1) is 0 Å². The monoisotopic (exact) mass is 605 g/mol. The maximum Gasteiger partial charge on any atom is 0.416 e. The van der Waals surface area contributed by atoms with E-state index in [4.69, 9.17) is 37.4 Å². The van der Waals surface area contributed by atoms with Gasteiger partial charge in [0.1, 0.15) is 24.4 Å². The first kappa shape index (κ1) is 27.9. The van der Waals surface area contributed by atoms with E-state index in [-0.39, 0.29) is 0 Å². The average molecular weight is 607 g/mol. The zero-order valence-corrected chi connectivity index (χ0v) is 24.4. The molecule has 3 heterocycles. The number of nitrogens with zero attached hydrogens (tertiary/aromatic N) is 4. The minimum Gasteiger partial charge on any atom is -0.493 e. The summed E-state index contributed by atoms with van der Waals surface area (Å²) in [4.78, 5) is 22.8. The fourth-order valence-corrected chi connectivity index (χ4v) is 5.64. The Labute approximate surface area is 252 Å². The van der Waals surface area contributed by atoms with Crippen LogP contribution >= 0.6 is 23.2 Å². The number of nitrogens with one attached hydrogen (secondary N) is 1. The number of hydrogen-bond acceptors (Lipinski definition) is 6. The topological polar surface area (TPSA) is 94.5 Å². The van der Waals surface area contributed by atoms with Crippen LogP contribution in [0.1, 0.15) is 35.7 Å². The Hall–Kier alpha value is -4.21. The maximum absolute atomic E-state index is 13.6. The molecule has 1 amide bonds. The number of unbranched alkanes of at least 4 members (excludes halogenated alkanes) is 1. The summed E-state index contributed by atoms with van der Waals surface area (Å²) in [5.74, 6) is 1.64. The Morgan fingerprint density at radius 1 is 1.02 bits per heavy atom. The van der Waals surface area contributed by atoms with E-state index in [1.807, 2.05) is 36.4 Å². The summed E-state index contributed by atoms with van der Waals surface area (Å²) in [6.07, 6.45) is 5.17. The predicted octanol–water partition coefficient (Wildman–Crippen LogP) is 7.08. The smallest absolute Gasteiger partial charge is 0.416 e. The fourth-order valence-electron chi connectivity index (χ4n) is 5.35. The van der Waals surface area contributed by atoms with Gasteiger partial charge in [-0.3, -0.25) is 9.58 Å². The zero-order valence-electron chi connectivity index (χ0n) is 22.9. The molecule has 216 valence electrons. The molecule has 9 nitrogen and oxygen atoms in total. The first-order valence-electron chi connectivity index (χ1n) is 13.7. The molecule has 1 unspecified atom stereocenters. The molecule has 1 atom stereocenters. The minimum absolute atomic E-state index is 0.419. The molecule has 2 aromatic heterocycles. The summed E-state index contributed by atoms with van der Waals surface area (Å²) in [7, 11) is 1.61. The highest BCUT2D eigenvalue weighted by atomic mass is 35.5. The van der Waals surface area contributed by atoms with E-state index in [0.717, 1.165) is 47.1 Å². The third-order valence-corrected chi connectivity index (χ3v) is 7.84. The van der Waals surface area contributed by atoms with Crippen molar-refractivity contribution in [3.05, 3.63) is 100 Å². The Morgan fingerprint density at radius 3 is 2.64 bits per heavy atom. The normalized spacial score (nSPS) is 14.5. The summed E-state index contributed by atoms with van der Waals surface area (Å²) < 4.78 is 19.4. The number of carbonyl (C=O) groups excluding carboxylic acids is 1. The lowest BCUT2D eigenvalue weighted by Gasteiger charge is -2.35. The number of H-pyrrole nitrogens is 1. The highest BCUT2D eigenvalue weighted by molar-refractivity contribution is 6.31. The van der Waals surface area contributed by atoms with Crippen molar-refractivity contribution in [3.63, 3.8) is 0 Å². The second kappa shape index (κ2) is 12.3. The Balaban J connectivity index is 1.28. The van der Waals surface area contributed by atoms with E-state index >= 15 is 0 Å². The second-order valence-corrected chi connectivity index (χ2v) is 10.9. The zero-order chi connectivity index (χ0) is 29.1. The van der Waals surface area contributed by atoms with E-state index in [2.05, 4.69) is 15.1 Å². The number of aryl methyl sites for hydroxylation is 1. The second-order valence-electron chi connectivity index (χ2n) is 10.00. The van der Waals surface area contributed by atoms with Crippen LogP contribution in [-0.4, -0.2) is 51.0 Å². The van der Waals surface area contributed by atoms with Crippen LogP contribution in [-0.2, 0) is 13.0 Å². The van der Waals surface area contributed by atoms with Gasteiger partial charge in [0.05, 0.1) is 13.7 Å². The number of amides is 1. The Morgan fingerprint density at radius 2 is 1.86 bits per heavy atom. The van der Waals surface area contributed by atoms with Crippen LogP contribution < -0.4 is 14.2 Å². The highest BCUT2D eigenvalue weighted by Crippen LogP contribution is 2.42. The van der Waals surface area contributed by atoms with E-state index in [1.165, 1.54) is 6.33 Å². The van der Waals surface area contributed by atoms with Crippen molar-refractivity contribution < 1.29 is 19.0 Å². The van der Waals surface area contributed by atoms with Gasteiger partial charge in [-0.15, -0.1) is 0 Å². The summed E-state index contributed by atoms with van der Waals surface area (Å²) in [5, 5.41) is 6.40. The van der Waals surface area contributed by atoms with Gasteiger partial charge in [-0.1, -0.05) is 29.3 Å². The maximum atomic E-state index is 13.6. The van der Waals surface area contributed by atoms with E-state index in [0.29, 0.717) is 46.9 Å². The van der Waals surface area contributed by atoms with Gasteiger partial charge < -0.3 is 19.2 Å². The Kier molecular flexibility index (Phi) is 8.21. The van der Waals surface area contributed by atoms with Crippen LogP contribution in [0.4, 0.5) is 4.79 Å². The molecule has 0 bridgehead atoms. The van der Waals surface area contributed by atoms with Gasteiger partial charge in [0, 0.05) is 39.7 Å². The number of aromatic nitrogens is 4. The van der Waals surface area contributed by atoms with Crippen LogP contribution in [0.5, 0.6) is 17.2 Å². The van der Waals surface area contributed by atoms with Crippen molar-refractivity contribution >= 4 is 40.2 Å². The van der Waals surface area contributed by atoms with Crippen molar-refractivity contribution in [2.24, 2.45) is 0 Å². The number of aromatic amines is 1. The number of methoxy groups -OCH3 is 1. The SMILES string of the molecule is COc1cc(C2c3[nH]c4ccc(Cl)cc4c3CCN2C(=O)Oc2ccc(Cl)cc2)ccc1OCCCCn1cncn1. The summed E-state index contributed by atoms with van der Waals surface area (Å²) in [5.41, 5.74) is 3.85. The van der Waals surface area contributed by atoms with Crippen molar-refractivity contribution in [3.8, 4) is 17.2 Å². The molecule has 0 spiro atoms.